The average molecular weight is 722 g/mol. The van der Waals surface area contributed by atoms with E-state index in [4.69, 9.17) is 13.7 Å². The van der Waals surface area contributed by atoms with Crippen molar-refractivity contribution in [1.29, 1.82) is 0 Å². The van der Waals surface area contributed by atoms with Gasteiger partial charge in [-0.3, -0.25) is 19.8 Å². The molecule has 3 aromatic carbocycles. The molecule has 0 spiro atoms. The number of benzene rings is 3. The zero-order chi connectivity index (χ0) is 30.6. The fourth-order valence-corrected chi connectivity index (χ4v) is 6.37. The van der Waals surface area contributed by atoms with Gasteiger partial charge in [0, 0.05) is 10.0 Å². The molecule has 4 amide bonds. The summed E-state index contributed by atoms with van der Waals surface area (Å²) < 4.78 is 43.4. The molecule has 0 atom stereocenters. The molecule has 220 valence electrons. The van der Waals surface area contributed by atoms with E-state index in [-0.39, 0.29) is 27.2 Å². The van der Waals surface area contributed by atoms with Crippen LogP contribution in [-0.2, 0) is 26.3 Å². The Morgan fingerprint density at radius 1 is 0.976 bits per heavy atom. The maximum Gasteiger partial charge on any atom is 0.339 e. The first-order valence-electron chi connectivity index (χ1n) is 12.6. The maximum absolute atomic E-state index is 13.5. The van der Waals surface area contributed by atoms with Crippen LogP contribution < -0.4 is 19.0 Å². The Kier molecular flexibility index (Phi) is 9.74. The van der Waals surface area contributed by atoms with Crippen molar-refractivity contribution in [3.05, 3.63) is 85.8 Å². The second kappa shape index (κ2) is 13.1. The molecule has 13 heteroatoms. The van der Waals surface area contributed by atoms with Crippen molar-refractivity contribution in [2.24, 2.45) is 0 Å². The highest BCUT2D eigenvalue weighted by Gasteiger charge is 2.36. The van der Waals surface area contributed by atoms with Crippen LogP contribution in [0.25, 0.3) is 6.08 Å². The molecule has 3 aromatic rings. The van der Waals surface area contributed by atoms with E-state index in [2.05, 4.69) is 37.2 Å². The first-order valence-corrected chi connectivity index (χ1v) is 15.6. The van der Waals surface area contributed by atoms with E-state index in [0.29, 0.717) is 28.1 Å². The van der Waals surface area contributed by atoms with Gasteiger partial charge < -0.3 is 13.7 Å². The van der Waals surface area contributed by atoms with E-state index < -0.39 is 33.5 Å². The summed E-state index contributed by atoms with van der Waals surface area (Å²) in [5.41, 5.74) is 1.11. The normalized spacial score (nSPS) is 14.6. The van der Waals surface area contributed by atoms with Crippen LogP contribution in [0.5, 0.6) is 17.2 Å². The highest BCUT2D eigenvalue weighted by atomic mass is 79.9. The minimum atomic E-state index is -4.28. The summed E-state index contributed by atoms with van der Waals surface area (Å²) in [5, 5.41) is 2.17. The minimum Gasteiger partial charge on any atom is -0.493 e. The van der Waals surface area contributed by atoms with Crippen LogP contribution in [0.1, 0.15) is 30.0 Å². The van der Waals surface area contributed by atoms with E-state index in [9.17, 15) is 22.8 Å². The molecule has 1 N–H and O–H groups in total. The predicted molar refractivity (Wildman–Crippen MR) is 162 cm³/mol. The Hall–Kier alpha value is -3.68. The van der Waals surface area contributed by atoms with Crippen molar-refractivity contribution in [3.8, 4) is 17.2 Å². The Balaban J connectivity index is 1.68. The van der Waals surface area contributed by atoms with Gasteiger partial charge >= 0.3 is 16.1 Å². The van der Waals surface area contributed by atoms with Crippen LogP contribution in [0.15, 0.2) is 74.0 Å². The molecule has 10 nitrogen and oxygen atoms in total. The molecule has 0 aromatic heterocycles. The smallest absolute Gasteiger partial charge is 0.339 e. The molecule has 0 saturated carbocycles. The number of amides is 4. The highest BCUT2D eigenvalue weighted by molar-refractivity contribution is 9.11. The van der Waals surface area contributed by atoms with Gasteiger partial charge in [-0.05, 0) is 77.3 Å². The van der Waals surface area contributed by atoms with Gasteiger partial charge in [0.25, 0.3) is 11.8 Å². The second-order valence-corrected chi connectivity index (χ2v) is 12.5. The van der Waals surface area contributed by atoms with Gasteiger partial charge in [-0.1, -0.05) is 46.6 Å². The van der Waals surface area contributed by atoms with E-state index in [1.54, 1.807) is 36.4 Å². The van der Waals surface area contributed by atoms with Crippen LogP contribution in [-0.4, -0.2) is 44.9 Å². The summed E-state index contributed by atoms with van der Waals surface area (Å²) in [6, 6.07) is 13.2. The van der Waals surface area contributed by atoms with Crippen molar-refractivity contribution >= 4 is 65.9 Å². The van der Waals surface area contributed by atoms with Crippen LogP contribution in [0, 0.1) is 6.92 Å². The number of urea groups is 1. The van der Waals surface area contributed by atoms with Crippen molar-refractivity contribution in [2.75, 3.05) is 13.7 Å². The first-order chi connectivity index (χ1) is 19.9. The number of ether oxygens (including phenoxy) is 2. The third-order valence-electron chi connectivity index (χ3n) is 6.06. The fraction of sp³-hybridized carbons (Fsp3) is 0.207. The summed E-state index contributed by atoms with van der Waals surface area (Å²) in [4.78, 5) is 39.8. The number of rotatable bonds is 10. The largest absolute Gasteiger partial charge is 0.493 e. The standard InChI is InChI=1S/C29H26Br2N2O8S/c1-4-11-40-24-10-7-18(12-25(24)39-3)16-33-28(35)22(27(34)32-29(33)36)14-19-13-20(30)15-23(31)26(19)41-42(37,38)21-8-5-17(2)6-9-21/h5-10,12-15H,4,11,16H2,1-3H3,(H,32,34,36)/b22-14+. The van der Waals surface area contributed by atoms with Crippen LogP contribution in [0.3, 0.4) is 0 Å². The minimum absolute atomic E-state index is 0.0775. The number of halogens is 2. The van der Waals surface area contributed by atoms with Crippen molar-refractivity contribution in [2.45, 2.75) is 31.7 Å². The number of methoxy groups -OCH3 is 1. The zero-order valence-corrected chi connectivity index (χ0v) is 26.8. The molecule has 1 aliphatic rings. The monoisotopic (exact) mass is 720 g/mol. The lowest BCUT2D eigenvalue weighted by Gasteiger charge is -2.27. The van der Waals surface area contributed by atoms with Crippen LogP contribution >= 0.6 is 31.9 Å². The molecule has 42 heavy (non-hydrogen) atoms. The second-order valence-electron chi connectivity index (χ2n) is 9.20. The van der Waals surface area contributed by atoms with Gasteiger partial charge in [0.05, 0.1) is 24.7 Å². The SMILES string of the molecule is CCCOc1ccc(CN2C(=O)NC(=O)/C(=C\c3cc(Br)cc(Br)c3OS(=O)(=O)c3ccc(C)cc3)C2=O)cc1OC. The van der Waals surface area contributed by atoms with Gasteiger partial charge in [-0.2, -0.15) is 8.42 Å². The number of hydrogen-bond donors (Lipinski definition) is 1. The number of nitrogens with one attached hydrogen (secondary N) is 1. The Labute approximate surface area is 260 Å². The molecule has 1 aliphatic heterocycles. The number of imide groups is 2. The molecule has 1 fully saturated rings. The van der Waals surface area contributed by atoms with E-state index in [1.807, 2.05) is 13.8 Å². The number of nitrogens with zero attached hydrogens (tertiary/aromatic N) is 1. The fourth-order valence-electron chi connectivity index (χ4n) is 3.96. The number of hydrogen-bond acceptors (Lipinski definition) is 8. The van der Waals surface area contributed by atoms with E-state index in [1.165, 1.54) is 31.4 Å². The highest BCUT2D eigenvalue weighted by Crippen LogP contribution is 2.37. The van der Waals surface area contributed by atoms with Crippen molar-refractivity contribution < 1.29 is 36.5 Å². The third kappa shape index (κ3) is 7.02. The van der Waals surface area contributed by atoms with Gasteiger partial charge in [0.15, 0.2) is 17.2 Å². The summed E-state index contributed by atoms with van der Waals surface area (Å²) >= 11 is 6.65. The number of barbiturate groups is 1. The number of carbonyl (C=O) groups is 3. The van der Waals surface area contributed by atoms with Crippen LogP contribution in [0.4, 0.5) is 4.79 Å². The topological polar surface area (TPSA) is 128 Å². The average Bonchev–Trinajstić information content (AvgIpc) is 2.94. The Morgan fingerprint density at radius 2 is 1.69 bits per heavy atom. The quantitative estimate of drug-likeness (QED) is 0.159. The lowest BCUT2D eigenvalue weighted by atomic mass is 10.1. The Bertz CT molecular complexity index is 1690. The molecule has 0 radical (unpaired) electrons. The Morgan fingerprint density at radius 3 is 2.36 bits per heavy atom. The molecule has 1 heterocycles. The molecular weight excluding hydrogens is 696 g/mol. The van der Waals surface area contributed by atoms with Crippen molar-refractivity contribution in [3.63, 3.8) is 0 Å². The molecule has 0 unspecified atom stereocenters. The lowest BCUT2D eigenvalue weighted by molar-refractivity contribution is -0.130. The zero-order valence-electron chi connectivity index (χ0n) is 22.8. The van der Waals surface area contributed by atoms with Crippen molar-refractivity contribution in [1.82, 2.24) is 10.2 Å². The van der Waals surface area contributed by atoms with E-state index in [0.717, 1.165) is 16.9 Å². The van der Waals surface area contributed by atoms with E-state index >= 15 is 0 Å². The van der Waals surface area contributed by atoms with Gasteiger partial charge in [-0.25, -0.2) is 4.79 Å². The first kappa shape index (κ1) is 31.3. The third-order valence-corrected chi connectivity index (χ3v) is 8.34. The van der Waals surface area contributed by atoms with Crippen LogP contribution in [0.2, 0.25) is 0 Å². The summed E-state index contributed by atoms with van der Waals surface area (Å²) in [6.07, 6.45) is 1.98. The molecular formula is C29H26Br2N2O8S. The molecule has 4 rings (SSSR count). The molecule has 0 bridgehead atoms. The summed E-state index contributed by atoms with van der Waals surface area (Å²) in [5.74, 6) is -1.03. The number of carbonyl (C=O) groups excluding carboxylic acids is 3. The lowest BCUT2D eigenvalue weighted by Crippen LogP contribution is -2.53. The van der Waals surface area contributed by atoms with Gasteiger partial charge in [0.1, 0.15) is 10.5 Å². The summed E-state index contributed by atoms with van der Waals surface area (Å²) in [6.45, 7) is 4.11. The molecule has 1 saturated heterocycles. The summed E-state index contributed by atoms with van der Waals surface area (Å²) in [7, 11) is -2.80. The maximum atomic E-state index is 13.5. The van der Waals surface area contributed by atoms with Gasteiger partial charge in [0.2, 0.25) is 0 Å². The molecule has 0 aliphatic carbocycles. The number of aryl methyl sites for hydroxylation is 1. The van der Waals surface area contributed by atoms with Gasteiger partial charge in [-0.15, -0.1) is 0 Å². The predicted octanol–water partition coefficient (Wildman–Crippen LogP) is 5.75.